The number of nitrogens with zero attached hydrogens (tertiary/aromatic N) is 2. The molecule has 2 aromatic carbocycles. The van der Waals surface area contributed by atoms with Crippen LogP contribution in [0.2, 0.25) is 0 Å². The van der Waals surface area contributed by atoms with Crippen molar-refractivity contribution in [3.05, 3.63) is 60.9 Å². The van der Waals surface area contributed by atoms with Gasteiger partial charge in [-0.25, -0.2) is 4.98 Å². The van der Waals surface area contributed by atoms with E-state index in [9.17, 15) is 0 Å². The molecule has 2 heterocycles. The van der Waals surface area contributed by atoms with E-state index < -0.39 is 0 Å². The molecular formula is C16H10N2. The lowest BCUT2D eigenvalue weighted by molar-refractivity contribution is 1.35. The molecule has 4 rings (SSSR count). The smallest absolute Gasteiger partial charge is 0.0740 e. The lowest BCUT2D eigenvalue weighted by Gasteiger charge is -2.04. The molecule has 0 aliphatic carbocycles. The summed E-state index contributed by atoms with van der Waals surface area (Å²) in [5, 5.41) is 4.76. The summed E-state index contributed by atoms with van der Waals surface area (Å²) in [7, 11) is 0. The van der Waals surface area contributed by atoms with Crippen LogP contribution in [0, 0.1) is 0 Å². The average molecular weight is 230 g/mol. The molecule has 0 N–H and O–H groups in total. The Morgan fingerprint density at radius 2 is 1.67 bits per heavy atom. The minimum atomic E-state index is 0.993. The van der Waals surface area contributed by atoms with Gasteiger partial charge in [-0.1, -0.05) is 30.3 Å². The molecule has 0 amide bonds. The molecule has 0 saturated carbocycles. The third kappa shape index (κ3) is 1.29. The highest BCUT2D eigenvalue weighted by Gasteiger charge is 2.03. The van der Waals surface area contributed by atoms with E-state index in [0.29, 0.717) is 0 Å². The SMILES string of the molecule is c1ccc2c(c1)ccc1nc3ccncc3cc12. The number of pyridine rings is 2. The van der Waals surface area contributed by atoms with E-state index in [1.165, 1.54) is 16.2 Å². The van der Waals surface area contributed by atoms with Crippen molar-refractivity contribution >= 4 is 32.6 Å². The highest BCUT2D eigenvalue weighted by atomic mass is 14.7. The van der Waals surface area contributed by atoms with Crippen LogP contribution in [-0.2, 0) is 0 Å². The molecular weight excluding hydrogens is 220 g/mol. The maximum absolute atomic E-state index is 4.69. The largest absolute Gasteiger partial charge is 0.264 e. The molecule has 4 aromatic rings. The Morgan fingerprint density at radius 1 is 0.722 bits per heavy atom. The summed E-state index contributed by atoms with van der Waals surface area (Å²) >= 11 is 0. The van der Waals surface area contributed by atoms with Crippen LogP contribution in [0.15, 0.2) is 60.9 Å². The molecule has 2 nitrogen and oxygen atoms in total. The molecule has 0 saturated heterocycles. The van der Waals surface area contributed by atoms with Gasteiger partial charge in [0.15, 0.2) is 0 Å². The zero-order valence-corrected chi connectivity index (χ0v) is 9.67. The topological polar surface area (TPSA) is 25.8 Å². The third-order valence-electron chi connectivity index (χ3n) is 3.32. The summed E-state index contributed by atoms with van der Waals surface area (Å²) in [5.74, 6) is 0. The van der Waals surface area contributed by atoms with Crippen LogP contribution in [0.25, 0.3) is 32.6 Å². The van der Waals surface area contributed by atoms with Gasteiger partial charge in [0.05, 0.1) is 11.0 Å². The molecule has 0 bridgehead atoms. The zero-order valence-electron chi connectivity index (χ0n) is 9.67. The van der Waals surface area contributed by atoms with Gasteiger partial charge in [-0.15, -0.1) is 0 Å². The van der Waals surface area contributed by atoms with Crippen LogP contribution < -0.4 is 0 Å². The van der Waals surface area contributed by atoms with Crippen molar-refractivity contribution in [3.63, 3.8) is 0 Å². The molecule has 0 aliphatic heterocycles. The highest BCUT2D eigenvalue weighted by Crippen LogP contribution is 2.26. The highest BCUT2D eigenvalue weighted by molar-refractivity contribution is 6.09. The summed E-state index contributed by atoms with van der Waals surface area (Å²) < 4.78 is 0. The predicted octanol–water partition coefficient (Wildman–Crippen LogP) is 3.94. The first kappa shape index (κ1) is 9.54. The summed E-state index contributed by atoms with van der Waals surface area (Å²) in [6.45, 7) is 0. The van der Waals surface area contributed by atoms with Gasteiger partial charge in [-0.2, -0.15) is 0 Å². The average Bonchev–Trinajstić information content (AvgIpc) is 2.45. The van der Waals surface area contributed by atoms with Gasteiger partial charge in [-0.3, -0.25) is 4.98 Å². The Labute approximate surface area is 104 Å². The molecule has 0 fully saturated rings. The van der Waals surface area contributed by atoms with Gasteiger partial charge >= 0.3 is 0 Å². The van der Waals surface area contributed by atoms with Crippen molar-refractivity contribution < 1.29 is 0 Å². The van der Waals surface area contributed by atoms with Crippen molar-refractivity contribution in [1.82, 2.24) is 9.97 Å². The van der Waals surface area contributed by atoms with Gasteiger partial charge in [0, 0.05) is 23.2 Å². The number of hydrogen-bond donors (Lipinski definition) is 0. The van der Waals surface area contributed by atoms with Crippen LogP contribution in [0.5, 0.6) is 0 Å². The second-order valence-corrected chi connectivity index (χ2v) is 4.41. The maximum Gasteiger partial charge on any atom is 0.0740 e. The Bertz CT molecular complexity index is 875. The van der Waals surface area contributed by atoms with Crippen molar-refractivity contribution in [1.29, 1.82) is 0 Å². The third-order valence-corrected chi connectivity index (χ3v) is 3.32. The molecule has 18 heavy (non-hydrogen) atoms. The number of benzene rings is 2. The summed E-state index contributed by atoms with van der Waals surface area (Å²) in [4.78, 5) is 8.85. The number of aromatic nitrogens is 2. The van der Waals surface area contributed by atoms with E-state index in [1.54, 1.807) is 6.20 Å². The first-order valence-electron chi connectivity index (χ1n) is 5.94. The van der Waals surface area contributed by atoms with Crippen LogP contribution in [0.3, 0.4) is 0 Å². The van der Waals surface area contributed by atoms with Crippen molar-refractivity contribution in [2.24, 2.45) is 0 Å². The lowest BCUT2D eigenvalue weighted by atomic mass is 10.0. The van der Waals surface area contributed by atoms with Crippen LogP contribution in [0.1, 0.15) is 0 Å². The Hall–Kier alpha value is -2.48. The second kappa shape index (κ2) is 3.50. The van der Waals surface area contributed by atoms with E-state index in [0.717, 1.165) is 16.4 Å². The van der Waals surface area contributed by atoms with Crippen molar-refractivity contribution in [2.75, 3.05) is 0 Å². The van der Waals surface area contributed by atoms with Crippen LogP contribution in [0.4, 0.5) is 0 Å². The Balaban J connectivity index is 2.27. The van der Waals surface area contributed by atoms with Gasteiger partial charge in [0.2, 0.25) is 0 Å². The molecule has 0 atom stereocenters. The fraction of sp³-hybridized carbons (Fsp3) is 0. The number of fused-ring (bicyclic) bond motifs is 4. The van der Waals surface area contributed by atoms with E-state index in [-0.39, 0.29) is 0 Å². The summed E-state index contributed by atoms with van der Waals surface area (Å²) in [6, 6.07) is 16.7. The normalized spacial score (nSPS) is 11.3. The van der Waals surface area contributed by atoms with E-state index in [4.69, 9.17) is 0 Å². The Kier molecular flexibility index (Phi) is 1.86. The van der Waals surface area contributed by atoms with Gasteiger partial charge in [0.25, 0.3) is 0 Å². The molecule has 0 aliphatic rings. The predicted molar refractivity (Wildman–Crippen MR) is 74.6 cm³/mol. The quantitative estimate of drug-likeness (QED) is 0.338. The number of hydrogen-bond acceptors (Lipinski definition) is 2. The van der Waals surface area contributed by atoms with Crippen LogP contribution >= 0.6 is 0 Å². The fourth-order valence-corrected chi connectivity index (χ4v) is 2.43. The molecule has 2 heteroatoms. The second-order valence-electron chi connectivity index (χ2n) is 4.41. The first-order valence-corrected chi connectivity index (χ1v) is 5.94. The van der Waals surface area contributed by atoms with Gasteiger partial charge in [0.1, 0.15) is 0 Å². The monoisotopic (exact) mass is 230 g/mol. The van der Waals surface area contributed by atoms with Gasteiger partial charge in [-0.05, 0) is 29.0 Å². The van der Waals surface area contributed by atoms with E-state index >= 15 is 0 Å². The van der Waals surface area contributed by atoms with E-state index in [2.05, 4.69) is 52.4 Å². The minimum Gasteiger partial charge on any atom is -0.264 e. The minimum absolute atomic E-state index is 0.993. The zero-order chi connectivity index (χ0) is 11.9. The summed E-state index contributed by atoms with van der Waals surface area (Å²) in [5.41, 5.74) is 2.03. The maximum atomic E-state index is 4.69. The summed E-state index contributed by atoms with van der Waals surface area (Å²) in [6.07, 6.45) is 3.64. The van der Waals surface area contributed by atoms with Gasteiger partial charge < -0.3 is 0 Å². The Morgan fingerprint density at radius 3 is 2.67 bits per heavy atom. The lowest BCUT2D eigenvalue weighted by Crippen LogP contribution is -1.84. The van der Waals surface area contributed by atoms with Crippen LogP contribution in [-0.4, -0.2) is 9.97 Å². The van der Waals surface area contributed by atoms with Crippen molar-refractivity contribution in [2.45, 2.75) is 0 Å². The van der Waals surface area contributed by atoms with E-state index in [1.807, 2.05) is 12.3 Å². The molecule has 2 aromatic heterocycles. The fourth-order valence-electron chi connectivity index (χ4n) is 2.43. The first-order chi connectivity index (χ1) is 8.92. The molecule has 0 unspecified atom stereocenters. The standard InChI is InChI=1S/C16H10N2/c1-2-4-13-11(3-1)5-6-16-14(13)9-12-10-17-8-7-15(12)18-16/h1-10H. The molecule has 84 valence electrons. The molecule has 0 radical (unpaired) electrons. The van der Waals surface area contributed by atoms with Crippen molar-refractivity contribution in [3.8, 4) is 0 Å². The molecule has 0 spiro atoms. The number of rotatable bonds is 0.